The van der Waals surface area contributed by atoms with E-state index in [1.54, 1.807) is 12.1 Å². The number of rotatable bonds is 1. The lowest BCUT2D eigenvalue weighted by Crippen LogP contribution is -2.05. The van der Waals surface area contributed by atoms with Gasteiger partial charge >= 0.3 is 0 Å². The summed E-state index contributed by atoms with van der Waals surface area (Å²) in [6.45, 7) is 0. The zero-order chi connectivity index (χ0) is 9.26. The van der Waals surface area contributed by atoms with E-state index in [-0.39, 0.29) is 0 Å². The molecule has 4 heteroatoms. The lowest BCUT2D eigenvalue weighted by molar-refractivity contribution is 0.308. The van der Waals surface area contributed by atoms with Crippen LogP contribution >= 0.6 is 0 Å². The second kappa shape index (κ2) is 3.07. The van der Waals surface area contributed by atoms with Gasteiger partial charge in [0.05, 0.1) is 6.04 Å². The standard InChI is InChI=1S/C9H8FN3/c10-9-7-4-2-1-3-6(7)5-8(9)12-13-11/h1-4,8-9H,5H2/t8-,9-/m0/s1. The fraction of sp³-hybridized carbons (Fsp3) is 0.333. The number of benzene rings is 1. The maximum absolute atomic E-state index is 13.5. The van der Waals surface area contributed by atoms with E-state index < -0.39 is 12.2 Å². The summed E-state index contributed by atoms with van der Waals surface area (Å²) in [5, 5.41) is 3.42. The van der Waals surface area contributed by atoms with Crippen molar-refractivity contribution in [3.05, 3.63) is 45.8 Å². The highest BCUT2D eigenvalue weighted by molar-refractivity contribution is 5.35. The van der Waals surface area contributed by atoms with E-state index in [0.717, 1.165) is 5.56 Å². The molecule has 66 valence electrons. The van der Waals surface area contributed by atoms with Crippen LogP contribution in [0.2, 0.25) is 0 Å². The van der Waals surface area contributed by atoms with Gasteiger partial charge in [-0.2, -0.15) is 0 Å². The lowest BCUT2D eigenvalue weighted by Gasteiger charge is -2.04. The molecule has 2 rings (SSSR count). The summed E-state index contributed by atoms with van der Waals surface area (Å²) in [7, 11) is 0. The zero-order valence-electron chi connectivity index (χ0n) is 6.89. The van der Waals surface area contributed by atoms with Crippen molar-refractivity contribution in [2.75, 3.05) is 0 Å². The molecule has 1 aromatic rings. The highest BCUT2D eigenvalue weighted by Crippen LogP contribution is 2.35. The first-order valence-corrected chi connectivity index (χ1v) is 4.09. The monoisotopic (exact) mass is 177 g/mol. The predicted molar refractivity (Wildman–Crippen MR) is 46.9 cm³/mol. The Morgan fingerprint density at radius 2 is 2.23 bits per heavy atom. The summed E-state index contributed by atoms with van der Waals surface area (Å²) >= 11 is 0. The molecular formula is C9H8FN3. The summed E-state index contributed by atoms with van der Waals surface area (Å²) in [6, 6.07) is 6.72. The zero-order valence-corrected chi connectivity index (χ0v) is 6.89. The van der Waals surface area contributed by atoms with Crippen molar-refractivity contribution in [1.29, 1.82) is 0 Å². The number of azide groups is 1. The van der Waals surface area contributed by atoms with Crippen LogP contribution in [0, 0.1) is 0 Å². The van der Waals surface area contributed by atoms with E-state index >= 15 is 0 Å². The van der Waals surface area contributed by atoms with Crippen LogP contribution in [0.25, 0.3) is 10.4 Å². The molecule has 0 N–H and O–H groups in total. The van der Waals surface area contributed by atoms with Crippen LogP contribution in [0.5, 0.6) is 0 Å². The first-order chi connectivity index (χ1) is 6.33. The summed E-state index contributed by atoms with van der Waals surface area (Å²) in [6.07, 6.45) is -0.617. The molecule has 0 bridgehead atoms. The Labute approximate surface area is 74.8 Å². The third-order valence-corrected chi connectivity index (χ3v) is 2.32. The van der Waals surface area contributed by atoms with E-state index in [9.17, 15) is 4.39 Å². The van der Waals surface area contributed by atoms with E-state index in [2.05, 4.69) is 10.0 Å². The molecule has 0 unspecified atom stereocenters. The number of hydrogen-bond donors (Lipinski definition) is 0. The Morgan fingerprint density at radius 1 is 1.46 bits per heavy atom. The van der Waals surface area contributed by atoms with Crippen LogP contribution in [-0.2, 0) is 6.42 Å². The summed E-state index contributed by atoms with van der Waals surface area (Å²) < 4.78 is 13.5. The summed E-state index contributed by atoms with van der Waals surface area (Å²) in [4.78, 5) is 2.64. The maximum atomic E-state index is 13.5. The Morgan fingerprint density at radius 3 is 2.92 bits per heavy atom. The Kier molecular flexibility index (Phi) is 1.91. The van der Waals surface area contributed by atoms with Crippen molar-refractivity contribution in [3.63, 3.8) is 0 Å². The summed E-state index contributed by atoms with van der Waals surface area (Å²) in [5.41, 5.74) is 9.83. The van der Waals surface area contributed by atoms with Crippen molar-refractivity contribution in [2.45, 2.75) is 18.6 Å². The first kappa shape index (κ1) is 8.08. The molecule has 1 aliphatic rings. The molecule has 0 heterocycles. The molecule has 1 aliphatic carbocycles. The number of halogens is 1. The molecule has 0 radical (unpaired) electrons. The topological polar surface area (TPSA) is 48.8 Å². The smallest absolute Gasteiger partial charge is 0.134 e. The van der Waals surface area contributed by atoms with Crippen LogP contribution in [0.4, 0.5) is 4.39 Å². The highest BCUT2D eigenvalue weighted by Gasteiger charge is 2.31. The van der Waals surface area contributed by atoms with Crippen LogP contribution in [0.1, 0.15) is 17.3 Å². The fourth-order valence-electron chi connectivity index (χ4n) is 1.69. The molecule has 1 aromatic carbocycles. The van der Waals surface area contributed by atoms with Gasteiger partial charge in [-0.05, 0) is 23.1 Å². The third-order valence-electron chi connectivity index (χ3n) is 2.32. The van der Waals surface area contributed by atoms with Gasteiger partial charge in [-0.25, -0.2) is 4.39 Å². The SMILES string of the molecule is [N-]=[N+]=N[C@H]1Cc2ccccc2[C@@H]1F. The second-order valence-corrected chi connectivity index (χ2v) is 3.08. The molecule has 2 atom stereocenters. The van der Waals surface area contributed by atoms with Gasteiger partial charge in [-0.1, -0.05) is 29.4 Å². The number of nitrogens with zero attached hydrogens (tertiary/aromatic N) is 3. The molecule has 3 nitrogen and oxygen atoms in total. The van der Waals surface area contributed by atoms with Crippen LogP contribution in [-0.4, -0.2) is 6.04 Å². The number of hydrogen-bond acceptors (Lipinski definition) is 1. The van der Waals surface area contributed by atoms with Gasteiger partial charge in [0, 0.05) is 4.91 Å². The average molecular weight is 177 g/mol. The van der Waals surface area contributed by atoms with Gasteiger partial charge in [-0.15, -0.1) is 0 Å². The normalized spacial score (nSPS) is 25.0. The van der Waals surface area contributed by atoms with E-state index in [1.165, 1.54) is 0 Å². The van der Waals surface area contributed by atoms with E-state index in [1.807, 2.05) is 12.1 Å². The van der Waals surface area contributed by atoms with Crippen LogP contribution in [0.15, 0.2) is 29.4 Å². The van der Waals surface area contributed by atoms with Gasteiger partial charge < -0.3 is 0 Å². The van der Waals surface area contributed by atoms with Crippen molar-refractivity contribution in [2.24, 2.45) is 5.11 Å². The molecule has 13 heavy (non-hydrogen) atoms. The van der Waals surface area contributed by atoms with Gasteiger partial charge in [0.15, 0.2) is 0 Å². The van der Waals surface area contributed by atoms with Crippen LogP contribution in [0.3, 0.4) is 0 Å². The summed E-state index contributed by atoms with van der Waals surface area (Å²) in [5.74, 6) is 0. The molecular weight excluding hydrogens is 169 g/mol. The quantitative estimate of drug-likeness (QED) is 0.360. The Bertz CT molecular complexity index is 371. The van der Waals surface area contributed by atoms with Crippen molar-refractivity contribution < 1.29 is 4.39 Å². The molecule has 0 saturated heterocycles. The molecule has 0 saturated carbocycles. The van der Waals surface area contributed by atoms with E-state index in [4.69, 9.17) is 5.53 Å². The molecule has 0 amide bonds. The van der Waals surface area contributed by atoms with Crippen LogP contribution < -0.4 is 0 Å². The average Bonchev–Trinajstić information content (AvgIpc) is 2.46. The molecule has 0 spiro atoms. The molecule has 0 aromatic heterocycles. The maximum Gasteiger partial charge on any atom is 0.134 e. The Balaban J connectivity index is 2.37. The highest BCUT2D eigenvalue weighted by atomic mass is 19.1. The van der Waals surface area contributed by atoms with Crippen molar-refractivity contribution in [3.8, 4) is 0 Å². The first-order valence-electron chi connectivity index (χ1n) is 4.09. The van der Waals surface area contributed by atoms with Crippen molar-refractivity contribution in [1.82, 2.24) is 0 Å². The number of alkyl halides is 1. The molecule has 0 fully saturated rings. The van der Waals surface area contributed by atoms with E-state index in [0.29, 0.717) is 12.0 Å². The van der Waals surface area contributed by atoms with Crippen molar-refractivity contribution >= 4 is 0 Å². The van der Waals surface area contributed by atoms with Gasteiger partial charge in [-0.3, -0.25) is 0 Å². The van der Waals surface area contributed by atoms with Gasteiger partial charge in [0.25, 0.3) is 0 Å². The van der Waals surface area contributed by atoms with Gasteiger partial charge in [0.2, 0.25) is 0 Å². The predicted octanol–water partition coefficient (Wildman–Crippen LogP) is 2.93. The van der Waals surface area contributed by atoms with Gasteiger partial charge in [0.1, 0.15) is 6.17 Å². The number of fused-ring (bicyclic) bond motifs is 1. The minimum absolute atomic E-state index is 0.515. The third kappa shape index (κ3) is 1.25. The largest absolute Gasteiger partial charge is 0.242 e. The Hall–Kier alpha value is -1.54. The minimum Gasteiger partial charge on any atom is -0.242 e. The fourth-order valence-corrected chi connectivity index (χ4v) is 1.69. The minimum atomic E-state index is -1.13. The second-order valence-electron chi connectivity index (χ2n) is 3.08. The molecule has 0 aliphatic heterocycles. The lowest BCUT2D eigenvalue weighted by atomic mass is 10.1.